The smallest absolute Gasteiger partial charge is 0.269 e. The number of rotatable bonds is 4. The number of carbonyl (C=O) groups excluding carboxylic acids is 1. The Balaban J connectivity index is 2.84. The highest BCUT2D eigenvalue weighted by Gasteiger charge is 2.25. The summed E-state index contributed by atoms with van der Waals surface area (Å²) in [6, 6.07) is 6.21. The van der Waals surface area contributed by atoms with E-state index in [2.05, 4.69) is 0 Å². The van der Waals surface area contributed by atoms with Crippen molar-refractivity contribution in [1.82, 2.24) is 0 Å². The average Bonchev–Trinajstić information content (AvgIpc) is 2.17. The molecule has 0 spiro atoms. The summed E-state index contributed by atoms with van der Waals surface area (Å²) in [4.78, 5) is 22.2. The first-order valence-corrected chi connectivity index (χ1v) is 5.59. The number of nitro benzene ring substituents is 1. The monoisotopic (exact) mass is 239 g/mol. The molecule has 0 atom stereocenters. The zero-order valence-electron chi connectivity index (χ0n) is 9.39. The quantitative estimate of drug-likeness (QED) is 0.460. The number of Topliss-reactive ketones (excluding diaryl/α,β-unsaturated/α-hetero) is 1. The first-order chi connectivity index (χ1) is 7.33. The second-order valence-electron chi connectivity index (χ2n) is 3.92. The van der Waals surface area contributed by atoms with Gasteiger partial charge >= 0.3 is 0 Å². The minimum atomic E-state index is -0.504. The molecule has 0 heterocycles. The molecule has 1 rings (SSSR count). The fraction of sp³-hybridized carbons (Fsp3) is 0.364. The molecular weight excluding hydrogens is 226 g/mol. The molecule has 0 aromatic heterocycles. The highest BCUT2D eigenvalue weighted by atomic mass is 32.2. The second-order valence-corrected chi connectivity index (χ2v) is 5.62. The van der Waals surface area contributed by atoms with E-state index in [-0.39, 0.29) is 11.5 Å². The molecule has 0 saturated heterocycles. The Bertz CT molecular complexity index is 412. The second kappa shape index (κ2) is 4.65. The van der Waals surface area contributed by atoms with Crippen molar-refractivity contribution < 1.29 is 9.72 Å². The van der Waals surface area contributed by atoms with Gasteiger partial charge in [0.1, 0.15) is 5.78 Å². The van der Waals surface area contributed by atoms with Gasteiger partial charge in [0.15, 0.2) is 0 Å². The van der Waals surface area contributed by atoms with Crippen molar-refractivity contribution >= 4 is 23.2 Å². The van der Waals surface area contributed by atoms with Crippen molar-refractivity contribution in [2.45, 2.75) is 30.4 Å². The van der Waals surface area contributed by atoms with Crippen molar-refractivity contribution in [3.05, 3.63) is 34.4 Å². The number of hydrogen-bond donors (Lipinski definition) is 0. The van der Waals surface area contributed by atoms with Crippen LogP contribution in [0.15, 0.2) is 29.2 Å². The van der Waals surface area contributed by atoms with Gasteiger partial charge in [0.05, 0.1) is 9.67 Å². The van der Waals surface area contributed by atoms with Crippen LogP contribution in [-0.2, 0) is 4.79 Å². The number of hydrogen-bond acceptors (Lipinski definition) is 4. The molecule has 0 unspecified atom stereocenters. The summed E-state index contributed by atoms with van der Waals surface area (Å²) in [7, 11) is 0. The van der Waals surface area contributed by atoms with E-state index in [0.717, 1.165) is 4.90 Å². The van der Waals surface area contributed by atoms with Gasteiger partial charge in [-0.05, 0) is 32.9 Å². The first-order valence-electron chi connectivity index (χ1n) is 4.77. The summed E-state index contributed by atoms with van der Waals surface area (Å²) < 4.78 is -0.504. The maximum Gasteiger partial charge on any atom is 0.269 e. The van der Waals surface area contributed by atoms with Gasteiger partial charge in [0.2, 0.25) is 0 Å². The lowest BCUT2D eigenvalue weighted by molar-refractivity contribution is -0.384. The number of benzene rings is 1. The van der Waals surface area contributed by atoms with E-state index in [9.17, 15) is 14.9 Å². The molecule has 4 nitrogen and oxygen atoms in total. The molecule has 0 fully saturated rings. The number of non-ortho nitro benzene ring substituents is 1. The van der Waals surface area contributed by atoms with Gasteiger partial charge in [-0.1, -0.05) is 0 Å². The third-order valence-electron chi connectivity index (χ3n) is 2.27. The van der Waals surface area contributed by atoms with Crippen molar-refractivity contribution in [1.29, 1.82) is 0 Å². The molecule has 16 heavy (non-hydrogen) atoms. The molecule has 1 aromatic carbocycles. The van der Waals surface area contributed by atoms with Gasteiger partial charge in [0, 0.05) is 17.0 Å². The topological polar surface area (TPSA) is 60.2 Å². The van der Waals surface area contributed by atoms with Crippen molar-refractivity contribution in [2.75, 3.05) is 0 Å². The zero-order valence-corrected chi connectivity index (χ0v) is 10.2. The fourth-order valence-corrected chi connectivity index (χ4v) is 2.01. The Labute approximate surface area is 98.2 Å². The largest absolute Gasteiger partial charge is 0.298 e. The molecule has 0 bridgehead atoms. The van der Waals surface area contributed by atoms with E-state index in [0.29, 0.717) is 0 Å². The van der Waals surface area contributed by atoms with Gasteiger partial charge in [-0.3, -0.25) is 14.9 Å². The molecule has 0 aliphatic carbocycles. The van der Waals surface area contributed by atoms with Crippen LogP contribution in [-0.4, -0.2) is 15.5 Å². The molecule has 0 amide bonds. The average molecular weight is 239 g/mol. The Morgan fingerprint density at radius 1 is 1.31 bits per heavy atom. The van der Waals surface area contributed by atoms with Crippen LogP contribution in [0, 0.1) is 10.1 Å². The normalized spacial score (nSPS) is 11.2. The Morgan fingerprint density at radius 3 is 2.19 bits per heavy atom. The molecule has 0 radical (unpaired) electrons. The lowest BCUT2D eigenvalue weighted by Crippen LogP contribution is -2.24. The van der Waals surface area contributed by atoms with Crippen LogP contribution in [0.3, 0.4) is 0 Å². The molecule has 0 saturated carbocycles. The van der Waals surface area contributed by atoms with Gasteiger partial charge in [0.25, 0.3) is 5.69 Å². The fourth-order valence-electron chi connectivity index (χ4n) is 1.00. The van der Waals surface area contributed by atoms with E-state index in [4.69, 9.17) is 0 Å². The summed E-state index contributed by atoms with van der Waals surface area (Å²) in [5, 5.41) is 10.5. The maximum atomic E-state index is 11.3. The summed E-state index contributed by atoms with van der Waals surface area (Å²) >= 11 is 1.40. The highest BCUT2D eigenvalue weighted by molar-refractivity contribution is 8.01. The molecule has 5 heteroatoms. The Kier molecular flexibility index (Phi) is 3.70. The number of nitrogens with zero attached hydrogens (tertiary/aromatic N) is 1. The lowest BCUT2D eigenvalue weighted by Gasteiger charge is -2.20. The molecule has 0 N–H and O–H groups in total. The third kappa shape index (κ3) is 3.06. The van der Waals surface area contributed by atoms with E-state index in [1.807, 2.05) is 13.8 Å². The SMILES string of the molecule is CC(=O)C(C)(C)Sc1ccc([N+](=O)[O-])cc1. The standard InChI is InChI=1S/C11H13NO3S/c1-8(13)11(2,3)16-10-6-4-9(5-7-10)12(14)15/h4-7H,1-3H3. The Morgan fingerprint density at radius 2 is 1.81 bits per heavy atom. The third-order valence-corrected chi connectivity index (χ3v) is 3.57. The van der Waals surface area contributed by atoms with Crippen LogP contribution < -0.4 is 0 Å². The maximum absolute atomic E-state index is 11.3. The highest BCUT2D eigenvalue weighted by Crippen LogP contribution is 2.33. The van der Waals surface area contributed by atoms with Crippen LogP contribution in [0.1, 0.15) is 20.8 Å². The van der Waals surface area contributed by atoms with Gasteiger partial charge in [-0.2, -0.15) is 0 Å². The molecule has 86 valence electrons. The van der Waals surface area contributed by atoms with Crippen LogP contribution in [0.5, 0.6) is 0 Å². The zero-order chi connectivity index (χ0) is 12.3. The van der Waals surface area contributed by atoms with Gasteiger partial charge in [-0.15, -0.1) is 11.8 Å². The number of ketones is 1. The molecule has 0 aliphatic rings. The van der Waals surface area contributed by atoms with Gasteiger partial charge in [-0.25, -0.2) is 0 Å². The summed E-state index contributed by atoms with van der Waals surface area (Å²) in [6.45, 7) is 5.21. The minimum Gasteiger partial charge on any atom is -0.298 e. The van der Waals surface area contributed by atoms with E-state index < -0.39 is 9.67 Å². The molecule has 0 aliphatic heterocycles. The van der Waals surface area contributed by atoms with Crippen LogP contribution in [0.25, 0.3) is 0 Å². The summed E-state index contributed by atoms with van der Waals surface area (Å²) in [5.74, 6) is 0.0795. The van der Waals surface area contributed by atoms with Crippen LogP contribution >= 0.6 is 11.8 Å². The number of nitro groups is 1. The van der Waals surface area contributed by atoms with E-state index in [1.54, 1.807) is 19.1 Å². The predicted octanol–water partition coefficient (Wildman–Crippen LogP) is 3.05. The summed E-state index contributed by atoms with van der Waals surface area (Å²) in [6.07, 6.45) is 0. The predicted molar refractivity (Wildman–Crippen MR) is 63.7 cm³/mol. The molecule has 1 aromatic rings. The number of thioether (sulfide) groups is 1. The Hall–Kier alpha value is -1.36. The minimum absolute atomic E-state index is 0.0602. The lowest BCUT2D eigenvalue weighted by atomic mass is 10.1. The van der Waals surface area contributed by atoms with Crippen molar-refractivity contribution in [3.63, 3.8) is 0 Å². The summed E-state index contributed by atoms with van der Waals surface area (Å²) in [5.41, 5.74) is 0.0602. The van der Waals surface area contributed by atoms with E-state index in [1.165, 1.54) is 23.9 Å². The number of carbonyl (C=O) groups is 1. The van der Waals surface area contributed by atoms with Crippen LogP contribution in [0.2, 0.25) is 0 Å². The van der Waals surface area contributed by atoms with Crippen molar-refractivity contribution in [3.8, 4) is 0 Å². The van der Waals surface area contributed by atoms with Crippen LogP contribution in [0.4, 0.5) is 5.69 Å². The van der Waals surface area contributed by atoms with E-state index >= 15 is 0 Å². The van der Waals surface area contributed by atoms with Crippen molar-refractivity contribution in [2.24, 2.45) is 0 Å². The van der Waals surface area contributed by atoms with Gasteiger partial charge < -0.3 is 0 Å². The first kappa shape index (κ1) is 12.7. The molecular formula is C11H13NO3S.